The van der Waals surface area contributed by atoms with Gasteiger partial charge in [-0.15, -0.1) is 0 Å². The highest BCUT2D eigenvalue weighted by atomic mass is 79.9. The minimum absolute atomic E-state index is 0.0718. The molecule has 1 fully saturated rings. The summed E-state index contributed by atoms with van der Waals surface area (Å²) in [7, 11) is 0. The van der Waals surface area contributed by atoms with E-state index in [1.54, 1.807) is 12.1 Å². The molecule has 0 spiro atoms. The largest absolute Gasteiger partial charge is 0.486 e. The number of nitrogens with one attached hydrogen (secondary N) is 2. The fourth-order valence-electron chi connectivity index (χ4n) is 2.84. The van der Waals surface area contributed by atoms with Crippen molar-refractivity contribution in [3.63, 3.8) is 0 Å². The Morgan fingerprint density at radius 1 is 1.32 bits per heavy atom. The number of benzene rings is 1. The van der Waals surface area contributed by atoms with E-state index in [1.807, 2.05) is 0 Å². The highest BCUT2D eigenvalue weighted by molar-refractivity contribution is 9.10. The summed E-state index contributed by atoms with van der Waals surface area (Å²) in [5, 5.41) is 6.41. The van der Waals surface area contributed by atoms with Crippen LogP contribution in [0.4, 0.5) is 0 Å². The average molecular weight is 369 g/mol. The Hall–Kier alpha value is -1.27. The molecule has 6 heteroatoms. The fraction of sp³-hybridized carbons (Fsp3) is 0.562. The molecule has 0 saturated carbocycles. The fourth-order valence-corrected chi connectivity index (χ4v) is 3.40. The SMILES string of the molecule is CC1(CNC(=O)c2cc(Br)c3c(c2)OCCO3)CCNCC1. The van der Waals surface area contributed by atoms with E-state index < -0.39 is 0 Å². The molecule has 2 heterocycles. The summed E-state index contributed by atoms with van der Waals surface area (Å²) in [6, 6.07) is 3.53. The number of piperidine rings is 1. The first-order valence-corrected chi connectivity index (χ1v) is 8.45. The summed E-state index contributed by atoms with van der Waals surface area (Å²) in [5.41, 5.74) is 0.764. The molecule has 1 aromatic rings. The van der Waals surface area contributed by atoms with Crippen LogP contribution in [0.3, 0.4) is 0 Å². The van der Waals surface area contributed by atoms with Crippen molar-refractivity contribution < 1.29 is 14.3 Å². The molecular weight excluding hydrogens is 348 g/mol. The Balaban J connectivity index is 1.68. The van der Waals surface area contributed by atoms with Crippen LogP contribution in [0.2, 0.25) is 0 Å². The zero-order valence-corrected chi connectivity index (χ0v) is 14.3. The molecule has 1 saturated heterocycles. The number of hydrogen-bond acceptors (Lipinski definition) is 4. The molecule has 0 aliphatic carbocycles. The van der Waals surface area contributed by atoms with Gasteiger partial charge in [-0.25, -0.2) is 0 Å². The average Bonchev–Trinajstić information content (AvgIpc) is 2.53. The van der Waals surface area contributed by atoms with Gasteiger partial charge in [0.05, 0.1) is 4.47 Å². The summed E-state index contributed by atoms with van der Waals surface area (Å²) < 4.78 is 11.9. The lowest BCUT2D eigenvalue weighted by Gasteiger charge is -2.34. The van der Waals surface area contributed by atoms with Crippen molar-refractivity contribution in [3.05, 3.63) is 22.2 Å². The topological polar surface area (TPSA) is 59.6 Å². The van der Waals surface area contributed by atoms with E-state index in [2.05, 4.69) is 33.5 Å². The van der Waals surface area contributed by atoms with Crippen LogP contribution in [-0.4, -0.2) is 38.8 Å². The summed E-state index contributed by atoms with van der Waals surface area (Å²) in [6.45, 7) is 6.00. The lowest BCUT2D eigenvalue weighted by Crippen LogP contribution is -2.42. The monoisotopic (exact) mass is 368 g/mol. The minimum atomic E-state index is -0.0718. The molecule has 1 amide bonds. The Morgan fingerprint density at radius 2 is 2.05 bits per heavy atom. The number of rotatable bonds is 3. The van der Waals surface area contributed by atoms with Crippen LogP contribution < -0.4 is 20.1 Å². The molecule has 120 valence electrons. The maximum Gasteiger partial charge on any atom is 0.251 e. The van der Waals surface area contributed by atoms with E-state index in [4.69, 9.17) is 9.47 Å². The second kappa shape index (κ2) is 6.46. The number of hydrogen-bond donors (Lipinski definition) is 2. The maximum absolute atomic E-state index is 12.4. The molecule has 0 aromatic heterocycles. The molecule has 2 aliphatic rings. The van der Waals surface area contributed by atoms with E-state index in [-0.39, 0.29) is 11.3 Å². The number of amides is 1. The summed E-state index contributed by atoms with van der Waals surface area (Å²) in [6.07, 6.45) is 2.16. The van der Waals surface area contributed by atoms with E-state index in [0.717, 1.165) is 30.4 Å². The zero-order chi connectivity index (χ0) is 15.6. The van der Waals surface area contributed by atoms with Gasteiger partial charge in [-0.3, -0.25) is 4.79 Å². The third kappa shape index (κ3) is 3.38. The van der Waals surface area contributed by atoms with E-state index in [9.17, 15) is 4.79 Å². The second-order valence-corrected chi connectivity index (χ2v) is 7.08. The predicted octanol–water partition coefficient (Wildman–Crippen LogP) is 2.34. The Kier molecular flexibility index (Phi) is 4.59. The van der Waals surface area contributed by atoms with Crippen LogP contribution in [0, 0.1) is 5.41 Å². The molecule has 2 aliphatic heterocycles. The van der Waals surface area contributed by atoms with Gasteiger partial charge < -0.3 is 20.1 Å². The molecular formula is C16H21BrN2O3. The van der Waals surface area contributed by atoms with Crippen LogP contribution in [0.15, 0.2) is 16.6 Å². The lowest BCUT2D eigenvalue weighted by atomic mass is 9.81. The number of carbonyl (C=O) groups excluding carboxylic acids is 1. The van der Waals surface area contributed by atoms with Gasteiger partial charge in [0.15, 0.2) is 11.5 Å². The maximum atomic E-state index is 12.4. The van der Waals surface area contributed by atoms with Gasteiger partial charge in [-0.05, 0) is 59.4 Å². The summed E-state index contributed by atoms with van der Waals surface area (Å²) >= 11 is 3.45. The van der Waals surface area contributed by atoms with Gasteiger partial charge in [-0.2, -0.15) is 0 Å². The molecule has 5 nitrogen and oxygen atoms in total. The van der Waals surface area contributed by atoms with Gasteiger partial charge >= 0.3 is 0 Å². The van der Waals surface area contributed by atoms with Crippen LogP contribution in [0.1, 0.15) is 30.1 Å². The molecule has 0 atom stereocenters. The number of fused-ring (bicyclic) bond motifs is 1. The first kappa shape index (κ1) is 15.6. The minimum Gasteiger partial charge on any atom is -0.486 e. The lowest BCUT2D eigenvalue weighted by molar-refractivity contribution is 0.0921. The van der Waals surface area contributed by atoms with E-state index in [1.165, 1.54) is 0 Å². The first-order valence-electron chi connectivity index (χ1n) is 7.65. The number of halogens is 1. The highest BCUT2D eigenvalue weighted by Crippen LogP contribution is 2.38. The quantitative estimate of drug-likeness (QED) is 0.859. The van der Waals surface area contributed by atoms with Crippen molar-refractivity contribution in [3.8, 4) is 11.5 Å². The van der Waals surface area contributed by atoms with Crippen molar-refractivity contribution in [2.75, 3.05) is 32.8 Å². The summed E-state index contributed by atoms with van der Waals surface area (Å²) in [5.74, 6) is 1.23. The zero-order valence-electron chi connectivity index (χ0n) is 12.7. The van der Waals surface area contributed by atoms with Gasteiger partial charge in [-0.1, -0.05) is 6.92 Å². The van der Waals surface area contributed by atoms with Crippen LogP contribution in [-0.2, 0) is 0 Å². The van der Waals surface area contributed by atoms with Gasteiger partial charge in [0, 0.05) is 12.1 Å². The van der Waals surface area contributed by atoms with Crippen LogP contribution in [0.25, 0.3) is 0 Å². The van der Waals surface area contributed by atoms with Crippen molar-refractivity contribution in [1.82, 2.24) is 10.6 Å². The Bertz CT molecular complexity index is 571. The second-order valence-electron chi connectivity index (χ2n) is 6.23. The van der Waals surface area contributed by atoms with Crippen LogP contribution in [0.5, 0.6) is 11.5 Å². The number of carbonyl (C=O) groups is 1. The molecule has 1 aromatic carbocycles. The first-order chi connectivity index (χ1) is 10.6. The third-order valence-corrected chi connectivity index (χ3v) is 4.93. The Morgan fingerprint density at radius 3 is 2.82 bits per heavy atom. The van der Waals surface area contributed by atoms with E-state index >= 15 is 0 Å². The van der Waals surface area contributed by atoms with Gasteiger partial charge in [0.2, 0.25) is 0 Å². The van der Waals surface area contributed by atoms with E-state index in [0.29, 0.717) is 36.8 Å². The molecule has 2 N–H and O–H groups in total. The van der Waals surface area contributed by atoms with Gasteiger partial charge in [0.1, 0.15) is 13.2 Å². The molecule has 0 unspecified atom stereocenters. The van der Waals surface area contributed by atoms with Crippen molar-refractivity contribution >= 4 is 21.8 Å². The van der Waals surface area contributed by atoms with Crippen molar-refractivity contribution in [2.45, 2.75) is 19.8 Å². The normalized spacial score (nSPS) is 19.5. The predicted molar refractivity (Wildman–Crippen MR) is 87.7 cm³/mol. The third-order valence-electron chi connectivity index (χ3n) is 4.35. The van der Waals surface area contributed by atoms with Gasteiger partial charge in [0.25, 0.3) is 5.91 Å². The van der Waals surface area contributed by atoms with Crippen molar-refractivity contribution in [1.29, 1.82) is 0 Å². The molecule has 3 rings (SSSR count). The molecule has 22 heavy (non-hydrogen) atoms. The number of ether oxygens (including phenoxy) is 2. The van der Waals surface area contributed by atoms with Crippen molar-refractivity contribution in [2.24, 2.45) is 5.41 Å². The molecule has 0 bridgehead atoms. The highest BCUT2D eigenvalue weighted by Gasteiger charge is 2.27. The smallest absolute Gasteiger partial charge is 0.251 e. The van der Waals surface area contributed by atoms with Crippen LogP contribution >= 0.6 is 15.9 Å². The Labute approximate surface area is 138 Å². The molecule has 0 radical (unpaired) electrons. The standard InChI is InChI=1S/C16H21BrN2O3/c1-16(2-4-18-5-3-16)10-19-15(20)11-8-12(17)14-13(9-11)21-6-7-22-14/h8-9,18H,2-7,10H2,1H3,(H,19,20). The summed E-state index contributed by atoms with van der Waals surface area (Å²) in [4.78, 5) is 12.4.